The van der Waals surface area contributed by atoms with Crippen molar-refractivity contribution in [3.05, 3.63) is 65.0 Å². The van der Waals surface area contributed by atoms with E-state index in [2.05, 4.69) is 9.82 Å². The predicted octanol–water partition coefficient (Wildman–Crippen LogP) is 3.94. The molecule has 0 aliphatic carbocycles. The first-order valence-electron chi connectivity index (χ1n) is 9.54. The molecule has 0 aliphatic heterocycles. The van der Waals surface area contributed by atoms with E-state index in [0.717, 1.165) is 4.68 Å². The van der Waals surface area contributed by atoms with Gasteiger partial charge in [0.05, 0.1) is 24.8 Å². The van der Waals surface area contributed by atoms with Crippen molar-refractivity contribution in [3.8, 4) is 28.5 Å². The summed E-state index contributed by atoms with van der Waals surface area (Å²) in [5, 5.41) is 4.20. The average molecular weight is 483 g/mol. The van der Waals surface area contributed by atoms with Crippen molar-refractivity contribution in [2.24, 2.45) is 7.05 Å². The number of para-hydroxylation sites is 1. The van der Waals surface area contributed by atoms with Gasteiger partial charge in [0.15, 0.2) is 5.75 Å². The second kappa shape index (κ2) is 9.53. The van der Waals surface area contributed by atoms with Gasteiger partial charge in [-0.05, 0) is 30.3 Å². The van der Waals surface area contributed by atoms with Crippen molar-refractivity contribution < 1.29 is 31.1 Å². The number of sulfonamides is 1. The molecule has 0 saturated heterocycles. The summed E-state index contributed by atoms with van der Waals surface area (Å²) < 4.78 is 76.1. The van der Waals surface area contributed by atoms with Gasteiger partial charge in [-0.2, -0.15) is 18.3 Å². The molecule has 8 nitrogen and oxygen atoms in total. The fourth-order valence-electron chi connectivity index (χ4n) is 2.83. The highest BCUT2D eigenvalue weighted by atomic mass is 32.2. The number of benzene rings is 2. The molecular formula is C21H20F3N3O5S. The molecule has 2 aromatic carbocycles. The second-order valence-electron chi connectivity index (χ2n) is 6.94. The van der Waals surface area contributed by atoms with Gasteiger partial charge < -0.3 is 9.47 Å². The van der Waals surface area contributed by atoms with Crippen LogP contribution in [0.25, 0.3) is 11.3 Å². The van der Waals surface area contributed by atoms with Gasteiger partial charge in [-0.1, -0.05) is 18.2 Å². The SMILES string of the molecule is COc1cc(=O)n(C)nc1-c1cc(NS(=O)(=O)CCC(F)(F)F)ccc1Oc1ccccc1. The van der Waals surface area contributed by atoms with Gasteiger partial charge in [-0.15, -0.1) is 0 Å². The Hall–Kier alpha value is -3.54. The third kappa shape index (κ3) is 6.48. The van der Waals surface area contributed by atoms with Crippen LogP contribution in [0.3, 0.4) is 0 Å². The standard InChI is InChI=1S/C21H20F3N3O5S/c1-27-19(28)13-18(31-2)20(25-27)16-12-14(26-33(29,30)11-10-21(22,23)24)8-9-17(16)32-15-6-4-3-5-7-15/h3-9,12-13,26H,10-11H2,1-2H3. The monoisotopic (exact) mass is 483 g/mol. The van der Waals surface area contributed by atoms with Gasteiger partial charge in [-0.25, -0.2) is 13.1 Å². The number of methoxy groups -OCH3 is 1. The van der Waals surface area contributed by atoms with Crippen LogP contribution in [0.1, 0.15) is 6.42 Å². The summed E-state index contributed by atoms with van der Waals surface area (Å²) >= 11 is 0. The van der Waals surface area contributed by atoms with E-state index in [4.69, 9.17) is 9.47 Å². The van der Waals surface area contributed by atoms with Crippen LogP contribution in [0.4, 0.5) is 18.9 Å². The minimum atomic E-state index is -4.61. The molecule has 0 bridgehead atoms. The molecule has 0 atom stereocenters. The molecule has 1 aromatic heterocycles. The van der Waals surface area contributed by atoms with E-state index in [0.29, 0.717) is 5.75 Å². The van der Waals surface area contributed by atoms with E-state index < -0.39 is 33.9 Å². The number of aromatic nitrogens is 2. The lowest BCUT2D eigenvalue weighted by Gasteiger charge is -2.16. The van der Waals surface area contributed by atoms with E-state index in [1.165, 1.54) is 38.4 Å². The number of ether oxygens (including phenoxy) is 2. The molecule has 0 fully saturated rings. The Morgan fingerprint density at radius 2 is 1.76 bits per heavy atom. The Balaban J connectivity index is 2.06. The molecule has 0 aliphatic rings. The molecule has 0 amide bonds. The van der Waals surface area contributed by atoms with Gasteiger partial charge in [0.25, 0.3) is 5.56 Å². The molecule has 1 heterocycles. The molecule has 12 heteroatoms. The molecule has 0 saturated carbocycles. The Bertz CT molecular complexity index is 1290. The number of anilines is 1. The first kappa shape index (κ1) is 24.1. The van der Waals surface area contributed by atoms with E-state index in [1.54, 1.807) is 30.3 Å². The molecule has 0 unspecified atom stereocenters. The Morgan fingerprint density at radius 1 is 1.06 bits per heavy atom. The predicted molar refractivity (Wildman–Crippen MR) is 116 cm³/mol. The summed E-state index contributed by atoms with van der Waals surface area (Å²) in [7, 11) is -1.53. The minimum Gasteiger partial charge on any atom is -0.494 e. The zero-order chi connectivity index (χ0) is 24.2. The van der Waals surface area contributed by atoms with Crippen molar-refractivity contribution in [2.45, 2.75) is 12.6 Å². The fraction of sp³-hybridized carbons (Fsp3) is 0.238. The van der Waals surface area contributed by atoms with Crippen LogP contribution in [0.2, 0.25) is 0 Å². The maximum absolute atomic E-state index is 12.5. The maximum atomic E-state index is 12.5. The van der Waals surface area contributed by atoms with Crippen LogP contribution < -0.4 is 19.8 Å². The number of hydrogen-bond donors (Lipinski definition) is 1. The largest absolute Gasteiger partial charge is 0.494 e. The summed E-state index contributed by atoms with van der Waals surface area (Å²) in [6.45, 7) is 0. The zero-order valence-electron chi connectivity index (χ0n) is 17.6. The molecular weight excluding hydrogens is 463 g/mol. The van der Waals surface area contributed by atoms with E-state index in [-0.39, 0.29) is 28.4 Å². The quantitative estimate of drug-likeness (QED) is 0.521. The van der Waals surface area contributed by atoms with Crippen molar-refractivity contribution in [1.29, 1.82) is 0 Å². The van der Waals surface area contributed by atoms with Gasteiger partial charge >= 0.3 is 6.18 Å². The van der Waals surface area contributed by atoms with E-state index in [1.807, 2.05) is 0 Å². The van der Waals surface area contributed by atoms with E-state index in [9.17, 15) is 26.4 Å². The first-order chi connectivity index (χ1) is 15.5. The normalized spacial score (nSPS) is 11.8. The van der Waals surface area contributed by atoms with Crippen molar-refractivity contribution in [3.63, 3.8) is 0 Å². The summed E-state index contributed by atoms with van der Waals surface area (Å²) in [5.74, 6) is -0.298. The Kier molecular flexibility index (Phi) is 6.96. The summed E-state index contributed by atoms with van der Waals surface area (Å²) in [6, 6.07) is 14.0. The number of rotatable bonds is 8. The third-order valence-corrected chi connectivity index (χ3v) is 5.70. The lowest BCUT2D eigenvalue weighted by atomic mass is 10.1. The summed E-state index contributed by atoms with van der Waals surface area (Å²) in [4.78, 5) is 12.0. The molecule has 0 spiro atoms. The van der Waals surface area contributed by atoms with Crippen molar-refractivity contribution in [1.82, 2.24) is 9.78 Å². The molecule has 1 N–H and O–H groups in total. The maximum Gasteiger partial charge on any atom is 0.390 e. The van der Waals surface area contributed by atoms with Gasteiger partial charge in [0, 0.05) is 18.8 Å². The molecule has 176 valence electrons. The Morgan fingerprint density at radius 3 is 2.39 bits per heavy atom. The van der Waals surface area contributed by atoms with Crippen LogP contribution in [0, 0.1) is 0 Å². The van der Waals surface area contributed by atoms with Crippen molar-refractivity contribution in [2.75, 3.05) is 17.6 Å². The van der Waals surface area contributed by atoms with Crippen LogP contribution in [0.5, 0.6) is 17.2 Å². The van der Waals surface area contributed by atoms with Crippen LogP contribution >= 0.6 is 0 Å². The number of nitrogens with one attached hydrogen (secondary N) is 1. The Labute approximate surface area is 187 Å². The number of alkyl halides is 3. The number of nitrogens with zero attached hydrogens (tertiary/aromatic N) is 2. The van der Waals surface area contributed by atoms with Crippen LogP contribution in [0.15, 0.2) is 59.4 Å². The van der Waals surface area contributed by atoms with E-state index >= 15 is 0 Å². The van der Waals surface area contributed by atoms with Crippen LogP contribution in [-0.4, -0.2) is 37.2 Å². The molecule has 0 radical (unpaired) electrons. The highest BCUT2D eigenvalue weighted by Crippen LogP contribution is 2.38. The average Bonchev–Trinajstić information content (AvgIpc) is 2.75. The highest BCUT2D eigenvalue weighted by molar-refractivity contribution is 7.92. The number of hydrogen-bond acceptors (Lipinski definition) is 6. The van der Waals surface area contributed by atoms with Crippen molar-refractivity contribution >= 4 is 15.7 Å². The number of aryl methyl sites for hydroxylation is 1. The van der Waals surface area contributed by atoms with Crippen LogP contribution in [-0.2, 0) is 17.1 Å². The van der Waals surface area contributed by atoms with Gasteiger partial charge in [0.2, 0.25) is 10.0 Å². The summed E-state index contributed by atoms with van der Waals surface area (Å²) in [5.41, 5.74) is -0.0281. The summed E-state index contributed by atoms with van der Waals surface area (Å²) in [6.07, 6.45) is -6.10. The molecule has 33 heavy (non-hydrogen) atoms. The first-order valence-corrected chi connectivity index (χ1v) is 11.2. The van der Waals surface area contributed by atoms with Gasteiger partial charge in [-0.3, -0.25) is 9.52 Å². The topological polar surface area (TPSA) is 99.5 Å². The highest BCUT2D eigenvalue weighted by Gasteiger charge is 2.30. The molecule has 3 rings (SSSR count). The zero-order valence-corrected chi connectivity index (χ0v) is 18.4. The fourth-order valence-corrected chi connectivity index (χ4v) is 3.92. The lowest BCUT2D eigenvalue weighted by Crippen LogP contribution is -2.22. The lowest BCUT2D eigenvalue weighted by molar-refractivity contribution is -0.129. The third-order valence-electron chi connectivity index (χ3n) is 4.41. The molecule has 3 aromatic rings. The minimum absolute atomic E-state index is 0.00899. The number of halogens is 3. The van der Waals surface area contributed by atoms with Gasteiger partial charge in [0.1, 0.15) is 17.2 Å². The smallest absolute Gasteiger partial charge is 0.390 e. The second-order valence-corrected chi connectivity index (χ2v) is 8.78.